The van der Waals surface area contributed by atoms with Crippen LogP contribution >= 0.6 is 11.8 Å². The van der Waals surface area contributed by atoms with Crippen LogP contribution in [0.1, 0.15) is 17.0 Å². The van der Waals surface area contributed by atoms with Crippen LogP contribution in [0.5, 0.6) is 0 Å². The van der Waals surface area contributed by atoms with E-state index in [4.69, 9.17) is 10.2 Å². The van der Waals surface area contributed by atoms with Crippen molar-refractivity contribution in [3.8, 4) is 0 Å². The molecule has 2 aromatic rings. The van der Waals surface area contributed by atoms with Crippen LogP contribution in [0.2, 0.25) is 0 Å². The third kappa shape index (κ3) is 3.71. The molecule has 0 spiro atoms. The highest BCUT2D eigenvalue weighted by Gasteiger charge is 2.29. The molecule has 0 aliphatic rings. The van der Waals surface area contributed by atoms with Crippen LogP contribution in [0, 0.1) is 0 Å². The van der Waals surface area contributed by atoms with Gasteiger partial charge in [0.05, 0.1) is 12.1 Å². The van der Waals surface area contributed by atoms with Crippen molar-refractivity contribution in [1.29, 1.82) is 0 Å². The molecule has 4 nitrogen and oxygen atoms in total. The molecule has 0 aliphatic heterocycles. The molecule has 0 aliphatic carbocycles. The largest absolute Gasteiger partial charge is 0.416 e. The zero-order chi connectivity index (χ0) is 13.9. The summed E-state index contributed by atoms with van der Waals surface area (Å²) < 4.78 is 42.3. The van der Waals surface area contributed by atoms with Gasteiger partial charge in [-0.25, -0.2) is 0 Å². The molecule has 0 amide bonds. The number of hydrogen-bond acceptors (Lipinski definition) is 5. The van der Waals surface area contributed by atoms with Crippen molar-refractivity contribution in [3.63, 3.8) is 0 Å². The molecule has 1 aromatic heterocycles. The second-order valence-electron chi connectivity index (χ2n) is 3.65. The molecule has 19 heavy (non-hydrogen) atoms. The molecule has 2 rings (SSSR count). The fourth-order valence-corrected chi connectivity index (χ4v) is 2.05. The van der Waals surface area contributed by atoms with Crippen molar-refractivity contribution in [2.45, 2.75) is 23.7 Å². The summed E-state index contributed by atoms with van der Waals surface area (Å²) in [7, 11) is 0. The van der Waals surface area contributed by atoms with Gasteiger partial charge in [0, 0.05) is 5.75 Å². The molecule has 0 radical (unpaired) electrons. The summed E-state index contributed by atoms with van der Waals surface area (Å²) >= 11 is 1.25. The standard InChI is InChI=1S/C11H10F3N3OS/c12-11(13,14)8-3-1-7(2-4-8)6-19-10-17-16-9(5-15)18-10/h1-4H,5-6,15H2. The van der Waals surface area contributed by atoms with E-state index in [-0.39, 0.29) is 6.54 Å². The zero-order valence-corrected chi connectivity index (χ0v) is 10.5. The van der Waals surface area contributed by atoms with Crippen molar-refractivity contribution in [3.05, 3.63) is 41.3 Å². The monoisotopic (exact) mass is 289 g/mol. The lowest BCUT2D eigenvalue weighted by Crippen LogP contribution is -2.04. The first-order chi connectivity index (χ1) is 8.99. The summed E-state index contributed by atoms with van der Waals surface area (Å²) in [5.41, 5.74) is 5.39. The molecule has 8 heteroatoms. The zero-order valence-electron chi connectivity index (χ0n) is 9.65. The number of rotatable bonds is 4. The molecule has 0 saturated carbocycles. The first-order valence-corrected chi connectivity index (χ1v) is 6.29. The van der Waals surface area contributed by atoms with Crippen molar-refractivity contribution in [1.82, 2.24) is 10.2 Å². The first kappa shape index (κ1) is 13.9. The molecule has 2 N–H and O–H groups in total. The molecule has 0 unspecified atom stereocenters. The minimum atomic E-state index is -4.31. The van der Waals surface area contributed by atoms with Crippen LogP contribution < -0.4 is 5.73 Å². The van der Waals surface area contributed by atoms with Crippen LogP contribution in [0.4, 0.5) is 13.2 Å². The maximum atomic E-state index is 12.4. The summed E-state index contributed by atoms with van der Waals surface area (Å²) in [5.74, 6) is 0.777. The molecular formula is C11H10F3N3OS. The highest BCUT2D eigenvalue weighted by Crippen LogP contribution is 2.30. The van der Waals surface area contributed by atoms with Gasteiger partial charge in [0.15, 0.2) is 0 Å². The van der Waals surface area contributed by atoms with E-state index in [2.05, 4.69) is 10.2 Å². The number of benzene rings is 1. The number of aromatic nitrogens is 2. The van der Waals surface area contributed by atoms with E-state index in [0.717, 1.165) is 17.7 Å². The number of nitrogens with zero attached hydrogens (tertiary/aromatic N) is 2. The Labute approximate surface area is 111 Å². The average Bonchev–Trinajstić information content (AvgIpc) is 2.84. The maximum Gasteiger partial charge on any atom is 0.416 e. The van der Waals surface area contributed by atoms with Crippen molar-refractivity contribution in [2.75, 3.05) is 0 Å². The minimum absolute atomic E-state index is 0.161. The Kier molecular flexibility index (Phi) is 4.11. The number of nitrogens with two attached hydrogens (primary N) is 1. The summed E-state index contributed by atoms with van der Waals surface area (Å²) in [6.07, 6.45) is -4.31. The second kappa shape index (κ2) is 5.62. The van der Waals surface area contributed by atoms with Gasteiger partial charge in [-0.05, 0) is 17.7 Å². The summed E-state index contributed by atoms with van der Waals surface area (Å²) in [5, 5.41) is 7.77. The van der Waals surface area contributed by atoms with Gasteiger partial charge in [-0.15, -0.1) is 10.2 Å². The normalized spacial score (nSPS) is 11.8. The number of thioether (sulfide) groups is 1. The number of hydrogen-bond donors (Lipinski definition) is 1. The Balaban J connectivity index is 1.96. The SMILES string of the molecule is NCc1nnc(SCc2ccc(C(F)(F)F)cc2)o1. The molecule has 0 bridgehead atoms. The predicted octanol–water partition coefficient (Wildman–Crippen LogP) is 2.84. The van der Waals surface area contributed by atoms with E-state index in [1.807, 2.05) is 0 Å². The van der Waals surface area contributed by atoms with Crippen LogP contribution in [-0.4, -0.2) is 10.2 Å². The third-order valence-electron chi connectivity index (χ3n) is 2.27. The Morgan fingerprint density at radius 2 is 1.84 bits per heavy atom. The van der Waals surface area contributed by atoms with Crippen molar-refractivity contribution >= 4 is 11.8 Å². The predicted molar refractivity (Wildman–Crippen MR) is 63.2 cm³/mol. The fraction of sp³-hybridized carbons (Fsp3) is 0.273. The Morgan fingerprint density at radius 3 is 2.37 bits per heavy atom. The van der Waals surface area contributed by atoms with E-state index in [1.54, 1.807) is 0 Å². The Bertz CT molecular complexity index is 539. The second-order valence-corrected chi connectivity index (χ2v) is 4.58. The highest BCUT2D eigenvalue weighted by atomic mass is 32.2. The third-order valence-corrected chi connectivity index (χ3v) is 3.16. The average molecular weight is 289 g/mol. The lowest BCUT2D eigenvalue weighted by Gasteiger charge is -2.06. The number of halogens is 3. The molecule has 0 atom stereocenters. The molecule has 1 heterocycles. The molecule has 102 valence electrons. The molecular weight excluding hydrogens is 279 g/mol. The van der Waals surface area contributed by atoms with Gasteiger partial charge in [0.1, 0.15) is 0 Å². The Hall–Kier alpha value is -1.54. The highest BCUT2D eigenvalue weighted by molar-refractivity contribution is 7.98. The first-order valence-electron chi connectivity index (χ1n) is 5.30. The van der Waals surface area contributed by atoms with Gasteiger partial charge in [-0.1, -0.05) is 23.9 Å². The van der Waals surface area contributed by atoms with E-state index in [0.29, 0.717) is 16.9 Å². The maximum absolute atomic E-state index is 12.4. The van der Waals surface area contributed by atoms with E-state index in [1.165, 1.54) is 23.9 Å². The van der Waals surface area contributed by atoms with Crippen LogP contribution in [0.15, 0.2) is 33.9 Å². The van der Waals surface area contributed by atoms with Gasteiger partial charge < -0.3 is 10.2 Å². The minimum Gasteiger partial charge on any atom is -0.415 e. The van der Waals surface area contributed by atoms with Crippen LogP contribution in [0.3, 0.4) is 0 Å². The fourth-order valence-electron chi connectivity index (χ4n) is 1.31. The smallest absolute Gasteiger partial charge is 0.415 e. The molecule has 0 fully saturated rings. The van der Waals surface area contributed by atoms with Crippen molar-refractivity contribution in [2.24, 2.45) is 5.73 Å². The topological polar surface area (TPSA) is 64.9 Å². The van der Waals surface area contributed by atoms with E-state index in [9.17, 15) is 13.2 Å². The van der Waals surface area contributed by atoms with Crippen LogP contribution in [0.25, 0.3) is 0 Å². The molecule has 1 aromatic carbocycles. The van der Waals surface area contributed by atoms with Gasteiger partial charge in [0.25, 0.3) is 5.22 Å². The quantitative estimate of drug-likeness (QED) is 0.877. The lowest BCUT2D eigenvalue weighted by atomic mass is 10.1. The van der Waals surface area contributed by atoms with Gasteiger partial charge in [-0.3, -0.25) is 0 Å². The van der Waals surface area contributed by atoms with Crippen molar-refractivity contribution < 1.29 is 17.6 Å². The Morgan fingerprint density at radius 1 is 1.16 bits per heavy atom. The summed E-state index contributed by atoms with van der Waals surface area (Å²) in [4.78, 5) is 0. The number of alkyl halides is 3. The van der Waals surface area contributed by atoms with Gasteiger partial charge in [-0.2, -0.15) is 13.2 Å². The van der Waals surface area contributed by atoms with Crippen LogP contribution in [-0.2, 0) is 18.5 Å². The van der Waals surface area contributed by atoms with E-state index >= 15 is 0 Å². The summed E-state index contributed by atoms with van der Waals surface area (Å²) in [6.45, 7) is 0.161. The van der Waals surface area contributed by atoms with Gasteiger partial charge in [0.2, 0.25) is 5.89 Å². The molecule has 0 saturated heterocycles. The lowest BCUT2D eigenvalue weighted by molar-refractivity contribution is -0.137. The van der Waals surface area contributed by atoms with Gasteiger partial charge >= 0.3 is 6.18 Å². The summed E-state index contributed by atoms with van der Waals surface area (Å²) in [6, 6.07) is 4.95. The van der Waals surface area contributed by atoms with E-state index < -0.39 is 11.7 Å².